The smallest absolute Gasteiger partial charge is 0.225 e. The van der Waals surface area contributed by atoms with Crippen molar-refractivity contribution in [1.82, 2.24) is 15.3 Å². The highest BCUT2D eigenvalue weighted by Crippen LogP contribution is 2.30. The normalized spacial score (nSPS) is 20.6. The number of anilines is 2. The SMILES string of the molecule is CN(C)c1nc(N[C@H]2CC[C@@H](CNC(=O)Cc3ccccc3)CC2)nc2c1CCCC2. The molecule has 1 heterocycles. The topological polar surface area (TPSA) is 70.2 Å². The van der Waals surface area contributed by atoms with Gasteiger partial charge in [-0.2, -0.15) is 4.98 Å². The number of aromatic nitrogens is 2. The summed E-state index contributed by atoms with van der Waals surface area (Å²) < 4.78 is 0. The standard InChI is InChI=1S/C25H35N5O/c1-30(2)24-21-10-6-7-11-22(21)28-25(29-24)27-20-14-12-19(13-15-20)17-26-23(31)16-18-8-4-3-5-9-18/h3-5,8-9,19-20H,6-7,10-17H2,1-2H3,(H,26,31)(H,27,28,29)/t19-,20+. The van der Waals surface area contributed by atoms with Gasteiger partial charge in [0.1, 0.15) is 5.82 Å². The van der Waals surface area contributed by atoms with E-state index in [1.54, 1.807) is 0 Å². The molecule has 2 aromatic rings. The maximum atomic E-state index is 12.2. The van der Waals surface area contributed by atoms with E-state index in [-0.39, 0.29) is 5.91 Å². The predicted octanol–water partition coefficient (Wildman–Crippen LogP) is 3.75. The molecule has 0 bridgehead atoms. The Balaban J connectivity index is 1.26. The van der Waals surface area contributed by atoms with Crippen LogP contribution in [-0.4, -0.2) is 42.6 Å². The average Bonchev–Trinajstić information content (AvgIpc) is 2.78. The molecule has 1 saturated carbocycles. The maximum absolute atomic E-state index is 12.2. The van der Waals surface area contributed by atoms with E-state index in [4.69, 9.17) is 9.97 Å². The summed E-state index contributed by atoms with van der Waals surface area (Å²) in [7, 11) is 4.14. The van der Waals surface area contributed by atoms with Crippen LogP contribution in [0.25, 0.3) is 0 Å². The highest BCUT2D eigenvalue weighted by molar-refractivity contribution is 5.78. The lowest BCUT2D eigenvalue weighted by atomic mass is 9.86. The highest BCUT2D eigenvalue weighted by Gasteiger charge is 2.24. The van der Waals surface area contributed by atoms with Crippen molar-refractivity contribution in [2.24, 2.45) is 5.92 Å². The zero-order valence-corrected chi connectivity index (χ0v) is 18.9. The first-order valence-electron chi connectivity index (χ1n) is 11.7. The van der Waals surface area contributed by atoms with Gasteiger partial charge in [0.05, 0.1) is 12.1 Å². The van der Waals surface area contributed by atoms with Gasteiger partial charge in [0.15, 0.2) is 0 Å². The summed E-state index contributed by atoms with van der Waals surface area (Å²) in [6.45, 7) is 0.776. The van der Waals surface area contributed by atoms with E-state index in [1.165, 1.54) is 24.1 Å². The Labute approximate surface area is 185 Å². The van der Waals surface area contributed by atoms with Crippen molar-refractivity contribution in [3.05, 3.63) is 47.2 Å². The van der Waals surface area contributed by atoms with Crippen LogP contribution in [0.2, 0.25) is 0 Å². The Morgan fingerprint density at radius 3 is 2.52 bits per heavy atom. The lowest BCUT2D eigenvalue weighted by Crippen LogP contribution is -2.35. The van der Waals surface area contributed by atoms with E-state index in [1.807, 2.05) is 30.3 Å². The molecule has 1 aromatic carbocycles. The van der Waals surface area contributed by atoms with E-state index < -0.39 is 0 Å². The minimum absolute atomic E-state index is 0.116. The third kappa shape index (κ3) is 5.75. The molecular formula is C25H35N5O. The fourth-order valence-corrected chi connectivity index (χ4v) is 4.80. The van der Waals surface area contributed by atoms with Gasteiger partial charge >= 0.3 is 0 Å². The number of nitrogens with zero attached hydrogens (tertiary/aromatic N) is 3. The largest absolute Gasteiger partial charge is 0.362 e. The van der Waals surface area contributed by atoms with Crippen LogP contribution in [0.3, 0.4) is 0 Å². The van der Waals surface area contributed by atoms with Crippen LogP contribution in [0.4, 0.5) is 11.8 Å². The van der Waals surface area contributed by atoms with Gasteiger partial charge in [-0.1, -0.05) is 30.3 Å². The molecule has 0 saturated heterocycles. The number of aryl methyl sites for hydroxylation is 1. The fourth-order valence-electron chi connectivity index (χ4n) is 4.80. The summed E-state index contributed by atoms with van der Waals surface area (Å²) in [5.41, 5.74) is 3.62. The molecule has 4 rings (SSSR count). The Morgan fingerprint density at radius 1 is 1.03 bits per heavy atom. The van der Waals surface area contributed by atoms with Gasteiger partial charge in [-0.25, -0.2) is 4.98 Å². The second kappa shape index (κ2) is 10.1. The molecule has 1 aromatic heterocycles. The molecule has 0 atom stereocenters. The first-order chi connectivity index (χ1) is 15.1. The molecule has 166 valence electrons. The molecule has 2 N–H and O–H groups in total. The van der Waals surface area contributed by atoms with Gasteiger partial charge < -0.3 is 15.5 Å². The molecule has 6 nitrogen and oxygen atoms in total. The molecule has 0 radical (unpaired) electrons. The monoisotopic (exact) mass is 421 g/mol. The molecule has 0 unspecified atom stereocenters. The van der Waals surface area contributed by atoms with Crippen LogP contribution in [0.5, 0.6) is 0 Å². The van der Waals surface area contributed by atoms with Crippen molar-refractivity contribution < 1.29 is 4.79 Å². The summed E-state index contributed by atoms with van der Waals surface area (Å²) in [5.74, 6) is 2.52. The third-order valence-electron chi connectivity index (χ3n) is 6.56. The first kappa shape index (κ1) is 21.6. The molecule has 2 aliphatic rings. The Bertz CT molecular complexity index is 875. The van der Waals surface area contributed by atoms with E-state index >= 15 is 0 Å². The summed E-state index contributed by atoms with van der Waals surface area (Å²) in [4.78, 5) is 24.0. The van der Waals surface area contributed by atoms with Crippen molar-refractivity contribution in [2.45, 2.75) is 63.8 Å². The van der Waals surface area contributed by atoms with E-state index in [2.05, 4.69) is 29.6 Å². The number of hydrogen-bond donors (Lipinski definition) is 2. The van der Waals surface area contributed by atoms with Gasteiger partial charge in [0.2, 0.25) is 11.9 Å². The predicted molar refractivity (Wildman–Crippen MR) is 126 cm³/mol. The summed E-state index contributed by atoms with van der Waals surface area (Å²) >= 11 is 0. The zero-order chi connectivity index (χ0) is 21.6. The van der Waals surface area contributed by atoms with E-state index in [0.29, 0.717) is 18.4 Å². The van der Waals surface area contributed by atoms with Crippen molar-refractivity contribution in [1.29, 1.82) is 0 Å². The maximum Gasteiger partial charge on any atom is 0.225 e. The third-order valence-corrected chi connectivity index (χ3v) is 6.56. The minimum Gasteiger partial charge on any atom is -0.362 e. The Kier molecular flexibility index (Phi) is 7.05. The van der Waals surface area contributed by atoms with Crippen molar-refractivity contribution in [3.8, 4) is 0 Å². The lowest BCUT2D eigenvalue weighted by Gasteiger charge is -2.30. The highest BCUT2D eigenvalue weighted by atomic mass is 16.1. The lowest BCUT2D eigenvalue weighted by molar-refractivity contribution is -0.120. The van der Waals surface area contributed by atoms with Gasteiger partial charge in [0.25, 0.3) is 0 Å². The number of rotatable bonds is 7. The summed E-state index contributed by atoms with van der Waals surface area (Å²) in [6, 6.07) is 10.3. The molecular weight excluding hydrogens is 386 g/mol. The van der Waals surface area contributed by atoms with Crippen molar-refractivity contribution in [2.75, 3.05) is 30.9 Å². The molecule has 2 aliphatic carbocycles. The van der Waals surface area contributed by atoms with Gasteiger partial charge in [-0.15, -0.1) is 0 Å². The van der Waals surface area contributed by atoms with Gasteiger partial charge in [-0.3, -0.25) is 4.79 Å². The molecule has 6 heteroatoms. The number of carbonyl (C=O) groups excluding carboxylic acids is 1. The van der Waals surface area contributed by atoms with Gasteiger partial charge in [0, 0.05) is 32.2 Å². The number of carbonyl (C=O) groups is 1. The number of nitrogens with one attached hydrogen (secondary N) is 2. The zero-order valence-electron chi connectivity index (χ0n) is 18.9. The van der Waals surface area contributed by atoms with Crippen LogP contribution in [0.1, 0.15) is 55.3 Å². The first-order valence-corrected chi connectivity index (χ1v) is 11.7. The summed E-state index contributed by atoms with van der Waals surface area (Å²) in [6.07, 6.45) is 9.49. The molecule has 31 heavy (non-hydrogen) atoms. The van der Waals surface area contributed by atoms with E-state index in [0.717, 1.165) is 62.4 Å². The fraction of sp³-hybridized carbons (Fsp3) is 0.560. The van der Waals surface area contributed by atoms with E-state index in [9.17, 15) is 4.79 Å². The van der Waals surface area contributed by atoms with Crippen LogP contribution in [0.15, 0.2) is 30.3 Å². The van der Waals surface area contributed by atoms with Gasteiger partial charge in [-0.05, 0) is 62.8 Å². The van der Waals surface area contributed by atoms with Crippen LogP contribution < -0.4 is 15.5 Å². The molecule has 0 aliphatic heterocycles. The quantitative estimate of drug-likeness (QED) is 0.713. The molecule has 0 spiro atoms. The number of fused-ring (bicyclic) bond motifs is 1. The minimum atomic E-state index is 0.116. The number of hydrogen-bond acceptors (Lipinski definition) is 5. The molecule has 1 amide bonds. The second-order valence-electron chi connectivity index (χ2n) is 9.23. The van der Waals surface area contributed by atoms with Crippen LogP contribution in [-0.2, 0) is 24.1 Å². The van der Waals surface area contributed by atoms with Crippen LogP contribution >= 0.6 is 0 Å². The Hall–Kier alpha value is -2.63. The Morgan fingerprint density at radius 2 is 1.77 bits per heavy atom. The second-order valence-corrected chi connectivity index (χ2v) is 9.23. The van der Waals surface area contributed by atoms with Crippen molar-refractivity contribution in [3.63, 3.8) is 0 Å². The molecule has 1 fully saturated rings. The van der Waals surface area contributed by atoms with Crippen molar-refractivity contribution >= 4 is 17.7 Å². The van der Waals surface area contributed by atoms with Crippen LogP contribution in [0, 0.1) is 5.92 Å². The number of benzene rings is 1. The number of amides is 1. The average molecular weight is 422 g/mol. The summed E-state index contributed by atoms with van der Waals surface area (Å²) in [5, 5.41) is 6.74.